The van der Waals surface area contributed by atoms with E-state index in [0.29, 0.717) is 13.0 Å². The Hall–Kier alpha value is -4.91. The van der Waals surface area contributed by atoms with Crippen molar-refractivity contribution in [1.82, 2.24) is 20.9 Å². The van der Waals surface area contributed by atoms with Gasteiger partial charge in [-0.1, -0.05) is 69.3 Å². The van der Waals surface area contributed by atoms with Gasteiger partial charge < -0.3 is 35.8 Å². The average molecular weight is 688 g/mol. The van der Waals surface area contributed by atoms with Crippen molar-refractivity contribution in [3.8, 4) is 0 Å². The van der Waals surface area contributed by atoms with Crippen molar-refractivity contribution in [3.63, 3.8) is 0 Å². The lowest BCUT2D eigenvalue weighted by atomic mass is 9.86. The van der Waals surface area contributed by atoms with Crippen LogP contribution in [0, 0.1) is 11.3 Å². The summed E-state index contributed by atoms with van der Waals surface area (Å²) in [4.78, 5) is 70.1. The molecule has 2 aromatic rings. The van der Waals surface area contributed by atoms with Gasteiger partial charge in [-0.05, 0) is 47.4 Å². The first-order chi connectivity index (χ1) is 23.7. The fourth-order valence-electron chi connectivity index (χ4n) is 7.47. The second-order valence-corrected chi connectivity index (χ2v) is 14.8. The Morgan fingerprint density at radius 3 is 2.44 bits per heavy atom. The van der Waals surface area contributed by atoms with Gasteiger partial charge in [0.2, 0.25) is 11.8 Å². The topological polar surface area (TPSA) is 178 Å². The number of urea groups is 1. The van der Waals surface area contributed by atoms with Crippen molar-refractivity contribution < 1.29 is 38.9 Å². The fourth-order valence-corrected chi connectivity index (χ4v) is 7.47. The zero-order chi connectivity index (χ0) is 36.0. The lowest BCUT2D eigenvalue weighted by molar-refractivity contribution is -0.144. The number of nitrogens with zero attached hydrogens (tertiary/aromatic N) is 2. The molecular weight excluding hydrogens is 642 g/mol. The number of amides is 5. The molecule has 6 rings (SSSR count). The number of aliphatic carboxylic acids is 1. The molecule has 1 saturated carbocycles. The number of nitrogens with one attached hydrogen (secondary N) is 3. The first-order valence-electron chi connectivity index (χ1n) is 17.1. The SMILES string of the molecule is C=CC1CC1(NC(=O)[C@@H]1C[C@@H](OC(=O)N2CCCc3ccccc32)CN1C(=O)NC(C(=O)NC1c2ccccc2CC1O)C(C)(C)C)C(=O)O. The number of anilines is 1. The number of carboxylic acids is 1. The minimum Gasteiger partial charge on any atom is -0.479 e. The predicted octanol–water partition coefficient (Wildman–Crippen LogP) is 3.06. The maximum atomic E-state index is 14.1. The standard InChI is InChI=1S/C37H45N5O8/c1-5-23-19-37(23,33(46)47)40-31(44)27-18-24(50-35(49)41-16-10-13-21-11-7-9-15-26(21)41)20-42(27)34(48)39-30(36(2,3)4)32(45)38-29-25-14-8-6-12-22(25)17-28(29)43/h5-9,11-12,14-15,23-24,27-30,43H,1,10,13,16-20H2,2-4H3,(H,38,45)(H,39,48)(H,40,44)(H,46,47)/t23?,24-,27+,28?,29?,30?,37?/m1/s1. The van der Waals surface area contributed by atoms with Gasteiger partial charge in [-0.15, -0.1) is 6.58 Å². The zero-order valence-electron chi connectivity index (χ0n) is 28.6. The molecule has 2 aromatic carbocycles. The number of para-hydroxylation sites is 1. The van der Waals surface area contributed by atoms with Crippen LogP contribution in [-0.4, -0.2) is 87.9 Å². The van der Waals surface area contributed by atoms with Crippen molar-refractivity contribution in [1.29, 1.82) is 0 Å². The van der Waals surface area contributed by atoms with Gasteiger partial charge in [0.05, 0.1) is 24.4 Å². The Morgan fingerprint density at radius 1 is 1.06 bits per heavy atom. The van der Waals surface area contributed by atoms with E-state index < -0.39 is 77.1 Å². The number of aryl methyl sites for hydroxylation is 1. The van der Waals surface area contributed by atoms with E-state index in [4.69, 9.17) is 4.74 Å². The van der Waals surface area contributed by atoms with Crippen molar-refractivity contribution in [3.05, 3.63) is 77.9 Å². The number of rotatable bonds is 8. The Bertz CT molecular complexity index is 1710. The molecule has 5 amide bonds. The monoisotopic (exact) mass is 687 g/mol. The van der Waals surface area contributed by atoms with Gasteiger partial charge in [0.1, 0.15) is 23.7 Å². The predicted molar refractivity (Wildman–Crippen MR) is 183 cm³/mol. The van der Waals surface area contributed by atoms with E-state index in [-0.39, 0.29) is 19.4 Å². The molecule has 50 heavy (non-hydrogen) atoms. The summed E-state index contributed by atoms with van der Waals surface area (Å²) in [5.74, 6) is -2.92. The van der Waals surface area contributed by atoms with E-state index in [9.17, 15) is 34.2 Å². The van der Waals surface area contributed by atoms with E-state index in [2.05, 4.69) is 22.5 Å². The summed E-state index contributed by atoms with van der Waals surface area (Å²) >= 11 is 0. The number of carboxylic acid groups (broad SMARTS) is 1. The summed E-state index contributed by atoms with van der Waals surface area (Å²) in [5.41, 5.74) is 1.14. The molecule has 13 heteroatoms. The van der Waals surface area contributed by atoms with Crippen molar-refractivity contribution in [2.45, 2.75) is 88.7 Å². The summed E-state index contributed by atoms with van der Waals surface area (Å²) in [6, 6.07) is 11.3. The van der Waals surface area contributed by atoms with Gasteiger partial charge in [0.15, 0.2) is 0 Å². The van der Waals surface area contributed by atoms with Gasteiger partial charge in [0, 0.05) is 25.3 Å². The highest BCUT2D eigenvalue weighted by molar-refractivity contribution is 5.96. The summed E-state index contributed by atoms with van der Waals surface area (Å²) in [6.45, 7) is 9.31. The highest BCUT2D eigenvalue weighted by atomic mass is 16.6. The van der Waals surface area contributed by atoms with Crippen LogP contribution in [0.5, 0.6) is 0 Å². The number of benzene rings is 2. The minimum atomic E-state index is -1.54. The molecule has 1 saturated heterocycles. The number of ether oxygens (including phenoxy) is 1. The number of fused-ring (bicyclic) bond motifs is 2. The number of likely N-dealkylation sites (tertiary alicyclic amines) is 1. The van der Waals surface area contributed by atoms with Gasteiger partial charge in [-0.25, -0.2) is 14.4 Å². The van der Waals surface area contributed by atoms with Crippen LogP contribution in [0.4, 0.5) is 15.3 Å². The molecule has 7 atom stereocenters. The number of aliphatic hydroxyl groups excluding tert-OH is 1. The maximum Gasteiger partial charge on any atom is 0.414 e. The molecule has 2 heterocycles. The minimum absolute atomic E-state index is 0.0770. The number of hydrogen-bond acceptors (Lipinski definition) is 7. The van der Waals surface area contributed by atoms with Crippen molar-refractivity contribution in [2.24, 2.45) is 11.3 Å². The Kier molecular flexibility index (Phi) is 9.38. The fraction of sp³-hybridized carbons (Fsp3) is 0.486. The van der Waals surface area contributed by atoms with Crippen LogP contribution in [0.3, 0.4) is 0 Å². The summed E-state index contributed by atoms with van der Waals surface area (Å²) in [6.07, 6.45) is 1.17. The van der Waals surface area contributed by atoms with Gasteiger partial charge >= 0.3 is 18.1 Å². The summed E-state index contributed by atoms with van der Waals surface area (Å²) in [7, 11) is 0. The van der Waals surface area contributed by atoms with Crippen LogP contribution in [-0.2, 0) is 32.0 Å². The number of carbonyl (C=O) groups is 5. The largest absolute Gasteiger partial charge is 0.479 e. The summed E-state index contributed by atoms with van der Waals surface area (Å²) < 4.78 is 5.90. The van der Waals surface area contributed by atoms with Crippen LogP contribution < -0.4 is 20.9 Å². The molecule has 2 aliphatic carbocycles. The smallest absolute Gasteiger partial charge is 0.414 e. The quantitative estimate of drug-likeness (QED) is 0.263. The highest BCUT2D eigenvalue weighted by Gasteiger charge is 2.61. The number of aliphatic hydroxyl groups is 1. The Morgan fingerprint density at radius 2 is 1.76 bits per heavy atom. The molecule has 266 valence electrons. The maximum absolute atomic E-state index is 14.1. The third kappa shape index (κ3) is 6.66. The molecule has 13 nitrogen and oxygen atoms in total. The van der Waals surface area contributed by atoms with Gasteiger partial charge in [-0.2, -0.15) is 0 Å². The summed E-state index contributed by atoms with van der Waals surface area (Å²) in [5, 5.41) is 29.0. The lowest BCUT2D eigenvalue weighted by Crippen LogP contribution is -2.60. The van der Waals surface area contributed by atoms with E-state index in [1.54, 1.807) is 25.7 Å². The van der Waals surface area contributed by atoms with Crippen molar-refractivity contribution in [2.75, 3.05) is 18.0 Å². The normalized spacial score (nSPS) is 27.3. The van der Waals surface area contributed by atoms with E-state index >= 15 is 0 Å². The lowest BCUT2D eigenvalue weighted by Gasteiger charge is -2.34. The van der Waals surface area contributed by atoms with E-state index in [0.717, 1.165) is 35.2 Å². The molecule has 5 unspecified atom stereocenters. The average Bonchev–Trinajstić information content (AvgIpc) is 3.49. The van der Waals surface area contributed by atoms with Crippen LogP contribution in [0.2, 0.25) is 0 Å². The molecule has 0 aromatic heterocycles. The third-order valence-corrected chi connectivity index (χ3v) is 10.3. The second-order valence-electron chi connectivity index (χ2n) is 14.8. The molecule has 2 fully saturated rings. The number of hydrogen-bond donors (Lipinski definition) is 5. The van der Waals surface area contributed by atoms with Crippen LogP contribution >= 0.6 is 0 Å². The second kappa shape index (κ2) is 13.4. The van der Waals surface area contributed by atoms with E-state index in [1.165, 1.54) is 11.0 Å². The van der Waals surface area contributed by atoms with Gasteiger partial charge in [0.25, 0.3) is 0 Å². The molecule has 5 N–H and O–H groups in total. The first kappa shape index (κ1) is 34.9. The van der Waals surface area contributed by atoms with E-state index in [1.807, 2.05) is 48.5 Å². The zero-order valence-corrected chi connectivity index (χ0v) is 28.6. The molecule has 0 bridgehead atoms. The van der Waals surface area contributed by atoms with Crippen LogP contribution in [0.1, 0.15) is 62.8 Å². The molecule has 2 aliphatic heterocycles. The number of carbonyl (C=O) groups excluding carboxylic acids is 4. The van der Waals surface area contributed by atoms with Gasteiger partial charge in [-0.3, -0.25) is 14.5 Å². The molecule has 4 aliphatic rings. The molecular formula is C37H45N5O8. The Labute approximate surface area is 291 Å². The van der Waals surface area contributed by atoms with Crippen molar-refractivity contribution >= 4 is 35.6 Å². The molecule has 0 spiro atoms. The van der Waals surface area contributed by atoms with Crippen LogP contribution in [0.25, 0.3) is 0 Å². The molecule has 0 radical (unpaired) electrons. The highest BCUT2D eigenvalue weighted by Crippen LogP contribution is 2.45. The Balaban J connectivity index is 1.21. The van der Waals surface area contributed by atoms with Crippen LogP contribution in [0.15, 0.2) is 61.2 Å². The third-order valence-electron chi connectivity index (χ3n) is 10.3. The first-order valence-corrected chi connectivity index (χ1v) is 17.1.